The Hall–Kier alpha value is -1.22. The van der Waals surface area contributed by atoms with Crippen molar-refractivity contribution in [2.75, 3.05) is 6.61 Å². The van der Waals surface area contributed by atoms with Crippen molar-refractivity contribution in [3.63, 3.8) is 0 Å². The Bertz CT molecular complexity index is 435. The molecule has 1 aliphatic carbocycles. The van der Waals surface area contributed by atoms with Gasteiger partial charge in [0.1, 0.15) is 11.5 Å². The van der Waals surface area contributed by atoms with Crippen LogP contribution in [-0.4, -0.2) is 22.4 Å². The van der Waals surface area contributed by atoms with Gasteiger partial charge in [-0.05, 0) is 43.2 Å². The average Bonchev–Trinajstić information content (AvgIpc) is 2.77. The van der Waals surface area contributed by atoms with E-state index in [-0.39, 0.29) is 17.1 Å². The van der Waals surface area contributed by atoms with Crippen LogP contribution < -0.4 is 0 Å². The summed E-state index contributed by atoms with van der Waals surface area (Å²) < 4.78 is 6.01. The van der Waals surface area contributed by atoms with Gasteiger partial charge in [0.25, 0.3) is 0 Å². The van der Waals surface area contributed by atoms with Crippen molar-refractivity contribution in [3.8, 4) is 11.5 Å². The number of rotatable bonds is 1. The van der Waals surface area contributed by atoms with Gasteiger partial charge >= 0.3 is 0 Å². The van der Waals surface area contributed by atoms with E-state index in [1.807, 2.05) is 6.07 Å². The number of hydrogen-bond donors (Lipinski definition) is 2. The molecule has 3 heteroatoms. The van der Waals surface area contributed by atoms with Crippen molar-refractivity contribution < 1.29 is 14.9 Å². The van der Waals surface area contributed by atoms with E-state index in [1.165, 1.54) is 18.9 Å². The lowest BCUT2D eigenvalue weighted by Crippen LogP contribution is -2.36. The molecule has 1 heterocycles. The standard InChI is InChI=1S/C15H20O3/c16-12-3-4-13(14(17)9-12)11-5-8-18-15(10-11)6-1-2-7-15/h3-4,9,11,16-17H,1-2,5-8,10H2. The van der Waals surface area contributed by atoms with Crippen molar-refractivity contribution in [2.24, 2.45) is 0 Å². The van der Waals surface area contributed by atoms with Crippen molar-refractivity contribution in [1.82, 2.24) is 0 Å². The number of benzene rings is 1. The molecular formula is C15H20O3. The van der Waals surface area contributed by atoms with Gasteiger partial charge in [-0.1, -0.05) is 18.9 Å². The molecule has 0 aromatic heterocycles. The normalized spacial score (nSPS) is 26.6. The first-order chi connectivity index (χ1) is 8.69. The second kappa shape index (κ2) is 4.47. The molecule has 18 heavy (non-hydrogen) atoms. The van der Waals surface area contributed by atoms with Crippen LogP contribution in [0.4, 0.5) is 0 Å². The number of ether oxygens (including phenoxy) is 1. The Labute approximate surface area is 107 Å². The van der Waals surface area contributed by atoms with E-state index in [2.05, 4.69) is 0 Å². The number of hydrogen-bond acceptors (Lipinski definition) is 3. The van der Waals surface area contributed by atoms with Crippen molar-refractivity contribution in [3.05, 3.63) is 23.8 Å². The van der Waals surface area contributed by atoms with E-state index >= 15 is 0 Å². The van der Waals surface area contributed by atoms with Crippen LogP contribution in [-0.2, 0) is 4.74 Å². The van der Waals surface area contributed by atoms with Crippen LogP contribution in [0, 0.1) is 0 Å². The molecule has 1 saturated heterocycles. The molecule has 2 aliphatic rings. The van der Waals surface area contributed by atoms with Gasteiger partial charge in [0.15, 0.2) is 0 Å². The van der Waals surface area contributed by atoms with Crippen LogP contribution in [0.25, 0.3) is 0 Å². The van der Waals surface area contributed by atoms with Crippen LogP contribution in [0.1, 0.15) is 50.0 Å². The Morgan fingerprint density at radius 2 is 1.94 bits per heavy atom. The summed E-state index contributed by atoms with van der Waals surface area (Å²) >= 11 is 0. The smallest absolute Gasteiger partial charge is 0.122 e. The van der Waals surface area contributed by atoms with E-state index < -0.39 is 0 Å². The number of aromatic hydroxyl groups is 2. The fourth-order valence-electron chi connectivity index (χ4n) is 3.54. The summed E-state index contributed by atoms with van der Waals surface area (Å²) in [5.74, 6) is 0.700. The molecule has 1 aliphatic heterocycles. The molecule has 98 valence electrons. The van der Waals surface area contributed by atoms with Gasteiger partial charge < -0.3 is 14.9 Å². The van der Waals surface area contributed by atoms with Crippen LogP contribution in [0.3, 0.4) is 0 Å². The third kappa shape index (κ3) is 2.07. The lowest BCUT2D eigenvalue weighted by molar-refractivity contribution is -0.0806. The highest BCUT2D eigenvalue weighted by Crippen LogP contribution is 2.46. The minimum Gasteiger partial charge on any atom is -0.508 e. The minimum atomic E-state index is 0.0627. The highest BCUT2D eigenvalue weighted by atomic mass is 16.5. The SMILES string of the molecule is Oc1ccc(C2CCOC3(CCCC3)C2)c(O)c1. The van der Waals surface area contributed by atoms with Gasteiger partial charge in [0.05, 0.1) is 5.60 Å². The molecule has 1 aromatic rings. The zero-order valence-electron chi connectivity index (χ0n) is 10.6. The third-order valence-corrected chi connectivity index (χ3v) is 4.46. The van der Waals surface area contributed by atoms with Gasteiger partial charge in [-0.15, -0.1) is 0 Å². The summed E-state index contributed by atoms with van der Waals surface area (Å²) in [4.78, 5) is 0. The van der Waals surface area contributed by atoms with Crippen LogP contribution in [0.15, 0.2) is 18.2 Å². The van der Waals surface area contributed by atoms with Crippen molar-refractivity contribution in [1.29, 1.82) is 0 Å². The number of phenols is 2. The fourth-order valence-corrected chi connectivity index (χ4v) is 3.54. The molecular weight excluding hydrogens is 228 g/mol. The first-order valence-electron chi connectivity index (χ1n) is 6.84. The maximum Gasteiger partial charge on any atom is 0.122 e. The second-order valence-corrected chi connectivity index (χ2v) is 5.67. The van der Waals surface area contributed by atoms with Gasteiger partial charge in [-0.3, -0.25) is 0 Å². The maximum absolute atomic E-state index is 9.97. The number of phenolic OH excluding ortho intramolecular Hbond substituents is 2. The zero-order chi connectivity index (χ0) is 12.6. The van der Waals surface area contributed by atoms with Crippen molar-refractivity contribution in [2.45, 2.75) is 50.0 Å². The lowest BCUT2D eigenvalue weighted by Gasteiger charge is -2.38. The molecule has 1 atom stereocenters. The summed E-state index contributed by atoms with van der Waals surface area (Å²) in [6.07, 6.45) is 6.79. The van der Waals surface area contributed by atoms with Gasteiger partial charge in [-0.25, -0.2) is 0 Å². The van der Waals surface area contributed by atoms with Crippen LogP contribution in [0.2, 0.25) is 0 Å². The Balaban J connectivity index is 1.83. The summed E-state index contributed by atoms with van der Waals surface area (Å²) in [5, 5.41) is 19.3. The molecule has 1 aromatic carbocycles. The lowest BCUT2D eigenvalue weighted by atomic mass is 9.80. The fraction of sp³-hybridized carbons (Fsp3) is 0.600. The Morgan fingerprint density at radius 3 is 2.67 bits per heavy atom. The van der Waals surface area contributed by atoms with Crippen LogP contribution >= 0.6 is 0 Å². The van der Waals surface area contributed by atoms with Crippen LogP contribution in [0.5, 0.6) is 11.5 Å². The molecule has 1 saturated carbocycles. The summed E-state index contributed by atoms with van der Waals surface area (Å²) in [5.41, 5.74) is 1.02. The molecule has 3 nitrogen and oxygen atoms in total. The highest BCUT2D eigenvalue weighted by molar-refractivity contribution is 5.41. The van der Waals surface area contributed by atoms with E-state index in [1.54, 1.807) is 6.07 Å². The molecule has 0 bridgehead atoms. The predicted octanol–water partition coefficient (Wildman–Crippen LogP) is 3.30. The molecule has 0 radical (unpaired) electrons. The van der Waals surface area contributed by atoms with Gasteiger partial charge in [0.2, 0.25) is 0 Å². The first kappa shape index (κ1) is 11.8. The summed E-state index contributed by atoms with van der Waals surface area (Å²) in [6.45, 7) is 0.783. The average molecular weight is 248 g/mol. The topological polar surface area (TPSA) is 49.7 Å². The first-order valence-corrected chi connectivity index (χ1v) is 6.84. The summed E-state index contributed by atoms with van der Waals surface area (Å²) in [7, 11) is 0. The predicted molar refractivity (Wildman–Crippen MR) is 68.9 cm³/mol. The van der Waals surface area contributed by atoms with E-state index in [0.29, 0.717) is 5.92 Å². The second-order valence-electron chi connectivity index (χ2n) is 5.67. The summed E-state index contributed by atoms with van der Waals surface area (Å²) in [6, 6.07) is 4.95. The molecule has 1 unspecified atom stereocenters. The highest BCUT2D eigenvalue weighted by Gasteiger charge is 2.40. The largest absolute Gasteiger partial charge is 0.508 e. The maximum atomic E-state index is 9.97. The molecule has 0 amide bonds. The Morgan fingerprint density at radius 1 is 1.17 bits per heavy atom. The van der Waals surface area contributed by atoms with Gasteiger partial charge in [0, 0.05) is 12.7 Å². The van der Waals surface area contributed by atoms with E-state index in [0.717, 1.165) is 37.9 Å². The molecule has 2 N–H and O–H groups in total. The molecule has 1 spiro atoms. The Kier molecular flexibility index (Phi) is 2.94. The van der Waals surface area contributed by atoms with E-state index in [9.17, 15) is 10.2 Å². The third-order valence-electron chi connectivity index (χ3n) is 4.46. The monoisotopic (exact) mass is 248 g/mol. The zero-order valence-corrected chi connectivity index (χ0v) is 10.6. The quantitative estimate of drug-likeness (QED) is 0.801. The molecule has 3 rings (SSSR count). The van der Waals surface area contributed by atoms with E-state index in [4.69, 9.17) is 4.74 Å². The van der Waals surface area contributed by atoms with Gasteiger partial charge in [-0.2, -0.15) is 0 Å². The molecule has 2 fully saturated rings. The minimum absolute atomic E-state index is 0.0627. The van der Waals surface area contributed by atoms with Crippen molar-refractivity contribution >= 4 is 0 Å².